The summed E-state index contributed by atoms with van der Waals surface area (Å²) in [6.07, 6.45) is 6.05. The van der Waals surface area contributed by atoms with Gasteiger partial charge < -0.3 is 10.4 Å². The van der Waals surface area contributed by atoms with Crippen molar-refractivity contribution in [1.29, 1.82) is 0 Å². The minimum Gasteiger partial charge on any atom is -0.480 e. The van der Waals surface area contributed by atoms with Gasteiger partial charge >= 0.3 is 5.97 Å². The van der Waals surface area contributed by atoms with Crippen molar-refractivity contribution < 1.29 is 14.7 Å². The van der Waals surface area contributed by atoms with Gasteiger partial charge in [-0.25, -0.2) is 0 Å². The fourth-order valence-electron chi connectivity index (χ4n) is 3.74. The molecule has 0 radical (unpaired) electrons. The number of hydrogen-bond acceptors (Lipinski definition) is 3. The Labute approximate surface area is 127 Å². The smallest absolute Gasteiger partial charge is 0.317 e. The van der Waals surface area contributed by atoms with Gasteiger partial charge in [0.1, 0.15) is 0 Å². The normalized spacial score (nSPS) is 32.0. The number of amides is 1. The Morgan fingerprint density at radius 3 is 2.48 bits per heavy atom. The topological polar surface area (TPSA) is 69.6 Å². The third-order valence-corrected chi connectivity index (χ3v) is 5.02. The molecule has 2 rings (SSSR count). The molecule has 0 bridgehead atoms. The number of carbonyl (C=O) groups is 2. The van der Waals surface area contributed by atoms with Crippen LogP contribution in [0.4, 0.5) is 0 Å². The number of likely N-dealkylation sites (N-methyl/N-ethyl adjacent to an activating group) is 1. The highest BCUT2D eigenvalue weighted by atomic mass is 16.4. The molecule has 0 aromatic heterocycles. The number of nitrogens with zero attached hydrogens (tertiary/aromatic N) is 1. The molecule has 2 fully saturated rings. The lowest BCUT2D eigenvalue weighted by atomic mass is 9.85. The Morgan fingerprint density at radius 2 is 1.95 bits per heavy atom. The van der Waals surface area contributed by atoms with E-state index in [0.717, 1.165) is 25.3 Å². The number of rotatable bonds is 7. The van der Waals surface area contributed by atoms with Crippen molar-refractivity contribution in [1.82, 2.24) is 10.2 Å². The molecule has 1 amide bonds. The van der Waals surface area contributed by atoms with Gasteiger partial charge in [-0.3, -0.25) is 14.5 Å². The van der Waals surface area contributed by atoms with E-state index in [4.69, 9.17) is 5.11 Å². The molecule has 2 atom stereocenters. The molecule has 2 N–H and O–H groups in total. The van der Waals surface area contributed by atoms with Crippen molar-refractivity contribution in [2.45, 2.75) is 64.5 Å². The number of nitrogens with one attached hydrogen (secondary N) is 1. The maximum atomic E-state index is 12.0. The van der Waals surface area contributed by atoms with Crippen LogP contribution < -0.4 is 5.32 Å². The highest BCUT2D eigenvalue weighted by Gasteiger charge is 2.35. The minimum absolute atomic E-state index is 0.0990. The number of aliphatic carboxylic acids is 1. The molecule has 2 saturated carbocycles. The Balaban J connectivity index is 1.65. The van der Waals surface area contributed by atoms with Crippen LogP contribution in [0.3, 0.4) is 0 Å². The first kappa shape index (κ1) is 16.3. The zero-order valence-electron chi connectivity index (χ0n) is 13.2. The van der Waals surface area contributed by atoms with Crippen LogP contribution in [0, 0.1) is 11.8 Å². The zero-order valence-corrected chi connectivity index (χ0v) is 13.2. The predicted molar refractivity (Wildman–Crippen MR) is 81.0 cm³/mol. The monoisotopic (exact) mass is 296 g/mol. The molecule has 0 aromatic carbocycles. The maximum absolute atomic E-state index is 12.0. The van der Waals surface area contributed by atoms with Crippen LogP contribution in [0.15, 0.2) is 0 Å². The summed E-state index contributed by atoms with van der Waals surface area (Å²) in [4.78, 5) is 24.8. The Kier molecular flexibility index (Phi) is 5.62. The van der Waals surface area contributed by atoms with Crippen LogP contribution in [-0.4, -0.2) is 47.1 Å². The molecule has 2 aliphatic rings. The molecule has 0 saturated heterocycles. The van der Waals surface area contributed by atoms with Gasteiger partial charge in [0.25, 0.3) is 0 Å². The molecule has 2 unspecified atom stereocenters. The van der Waals surface area contributed by atoms with Gasteiger partial charge in [0.15, 0.2) is 0 Å². The van der Waals surface area contributed by atoms with Gasteiger partial charge in [-0.05, 0) is 44.1 Å². The summed E-state index contributed by atoms with van der Waals surface area (Å²) < 4.78 is 0. The largest absolute Gasteiger partial charge is 0.480 e. The molecule has 0 spiro atoms. The zero-order chi connectivity index (χ0) is 15.4. The van der Waals surface area contributed by atoms with Gasteiger partial charge in [0.2, 0.25) is 5.91 Å². The standard InChI is InChI=1S/C16H28N2O3/c1-3-18(10-16(20)21)14-8-13(9-14)17-15(19)7-12-5-4-11(2)6-12/h11-14H,3-10H2,1-2H3,(H,17,19)(H,20,21). The van der Waals surface area contributed by atoms with E-state index in [2.05, 4.69) is 12.2 Å². The molecular formula is C16H28N2O3. The first-order valence-corrected chi connectivity index (χ1v) is 8.23. The lowest BCUT2D eigenvalue weighted by Crippen LogP contribution is -2.54. The third-order valence-electron chi connectivity index (χ3n) is 5.02. The van der Waals surface area contributed by atoms with Crippen molar-refractivity contribution in [3.63, 3.8) is 0 Å². The first-order chi connectivity index (χ1) is 9.97. The van der Waals surface area contributed by atoms with E-state index in [0.29, 0.717) is 18.4 Å². The van der Waals surface area contributed by atoms with E-state index in [1.807, 2.05) is 11.8 Å². The van der Waals surface area contributed by atoms with E-state index in [-0.39, 0.29) is 18.5 Å². The molecular weight excluding hydrogens is 268 g/mol. The van der Waals surface area contributed by atoms with Crippen LogP contribution in [-0.2, 0) is 9.59 Å². The average Bonchev–Trinajstić information content (AvgIpc) is 2.76. The van der Waals surface area contributed by atoms with E-state index in [9.17, 15) is 9.59 Å². The van der Waals surface area contributed by atoms with E-state index in [1.165, 1.54) is 19.3 Å². The number of carboxylic acid groups (broad SMARTS) is 1. The molecule has 5 nitrogen and oxygen atoms in total. The second-order valence-corrected chi connectivity index (χ2v) is 6.83. The van der Waals surface area contributed by atoms with Crippen LogP contribution in [0.2, 0.25) is 0 Å². The molecule has 5 heteroatoms. The van der Waals surface area contributed by atoms with Crippen molar-refractivity contribution in [3.8, 4) is 0 Å². The SMILES string of the molecule is CCN(CC(=O)O)C1CC(NC(=O)CC2CCC(C)C2)C1. The lowest BCUT2D eigenvalue weighted by molar-refractivity contribution is -0.139. The quantitative estimate of drug-likeness (QED) is 0.752. The molecule has 0 heterocycles. The van der Waals surface area contributed by atoms with E-state index in [1.54, 1.807) is 0 Å². The Bertz CT molecular complexity index is 380. The second kappa shape index (κ2) is 7.25. The summed E-state index contributed by atoms with van der Waals surface area (Å²) in [5.41, 5.74) is 0. The third kappa shape index (κ3) is 4.70. The van der Waals surface area contributed by atoms with Crippen LogP contribution in [0.25, 0.3) is 0 Å². The number of carboxylic acids is 1. The van der Waals surface area contributed by atoms with Crippen molar-refractivity contribution in [2.75, 3.05) is 13.1 Å². The van der Waals surface area contributed by atoms with E-state index < -0.39 is 5.97 Å². The van der Waals surface area contributed by atoms with Crippen LogP contribution in [0.5, 0.6) is 0 Å². The molecule has 0 aliphatic heterocycles. The Hall–Kier alpha value is -1.10. The maximum Gasteiger partial charge on any atom is 0.317 e. The first-order valence-electron chi connectivity index (χ1n) is 8.23. The highest BCUT2D eigenvalue weighted by Crippen LogP contribution is 2.33. The summed E-state index contributed by atoms with van der Waals surface area (Å²) in [5, 5.41) is 12.0. The minimum atomic E-state index is -0.778. The Morgan fingerprint density at radius 1 is 1.24 bits per heavy atom. The fourth-order valence-corrected chi connectivity index (χ4v) is 3.74. The summed E-state index contributed by atoms with van der Waals surface area (Å²) >= 11 is 0. The molecule has 2 aliphatic carbocycles. The fraction of sp³-hybridized carbons (Fsp3) is 0.875. The van der Waals surface area contributed by atoms with Crippen LogP contribution >= 0.6 is 0 Å². The summed E-state index contributed by atoms with van der Waals surface area (Å²) in [6.45, 7) is 5.09. The summed E-state index contributed by atoms with van der Waals surface area (Å²) in [7, 11) is 0. The van der Waals surface area contributed by atoms with Gasteiger partial charge in [-0.15, -0.1) is 0 Å². The lowest BCUT2D eigenvalue weighted by Gasteiger charge is -2.42. The molecule has 120 valence electrons. The second-order valence-electron chi connectivity index (χ2n) is 6.83. The molecule has 21 heavy (non-hydrogen) atoms. The van der Waals surface area contributed by atoms with Crippen molar-refractivity contribution in [3.05, 3.63) is 0 Å². The summed E-state index contributed by atoms with van der Waals surface area (Å²) in [6, 6.07) is 0.548. The van der Waals surface area contributed by atoms with Gasteiger partial charge in [0, 0.05) is 18.5 Å². The van der Waals surface area contributed by atoms with Crippen LogP contribution in [0.1, 0.15) is 52.4 Å². The summed E-state index contributed by atoms with van der Waals surface area (Å²) in [5.74, 6) is 0.735. The van der Waals surface area contributed by atoms with Gasteiger partial charge in [-0.2, -0.15) is 0 Å². The predicted octanol–water partition coefficient (Wildman–Crippen LogP) is 1.87. The van der Waals surface area contributed by atoms with Crippen molar-refractivity contribution >= 4 is 11.9 Å². The average molecular weight is 296 g/mol. The highest BCUT2D eigenvalue weighted by molar-refractivity contribution is 5.76. The van der Waals surface area contributed by atoms with Gasteiger partial charge in [0.05, 0.1) is 6.54 Å². The number of hydrogen-bond donors (Lipinski definition) is 2. The molecule has 0 aromatic rings. The van der Waals surface area contributed by atoms with Crippen molar-refractivity contribution in [2.24, 2.45) is 11.8 Å². The van der Waals surface area contributed by atoms with E-state index >= 15 is 0 Å². The number of carbonyl (C=O) groups excluding carboxylic acids is 1. The van der Waals surface area contributed by atoms with Gasteiger partial charge in [-0.1, -0.05) is 20.3 Å².